The number of esters is 3. The van der Waals surface area contributed by atoms with Crippen LogP contribution in [0.15, 0.2) is 60.8 Å². The van der Waals surface area contributed by atoms with Crippen LogP contribution in [0.25, 0.3) is 0 Å². The predicted octanol–water partition coefficient (Wildman–Crippen LogP) is 23.9. The summed E-state index contributed by atoms with van der Waals surface area (Å²) >= 11 is 0. The van der Waals surface area contributed by atoms with Gasteiger partial charge in [0.1, 0.15) is 13.2 Å². The van der Waals surface area contributed by atoms with Crippen molar-refractivity contribution in [1.29, 1.82) is 0 Å². The quantitative estimate of drug-likeness (QED) is 0.0261. The molecule has 0 saturated carbocycles. The molecule has 0 aromatic heterocycles. The van der Waals surface area contributed by atoms with Crippen LogP contribution in [0.2, 0.25) is 0 Å². The molecule has 0 heterocycles. The van der Waals surface area contributed by atoms with Crippen LogP contribution in [-0.4, -0.2) is 37.2 Å². The van der Waals surface area contributed by atoms with Gasteiger partial charge in [0.2, 0.25) is 0 Å². The van der Waals surface area contributed by atoms with Crippen molar-refractivity contribution in [2.75, 3.05) is 13.2 Å². The van der Waals surface area contributed by atoms with Crippen LogP contribution >= 0.6 is 0 Å². The Kier molecular flexibility index (Phi) is 65.1. The zero-order valence-electron chi connectivity index (χ0n) is 52.9. The van der Waals surface area contributed by atoms with Gasteiger partial charge in [0.05, 0.1) is 0 Å². The molecular formula is C73H132O6. The van der Waals surface area contributed by atoms with Crippen molar-refractivity contribution in [2.45, 2.75) is 374 Å². The Morgan fingerprint density at radius 1 is 0.253 bits per heavy atom. The lowest BCUT2D eigenvalue weighted by Gasteiger charge is -2.18. The molecule has 0 bridgehead atoms. The van der Waals surface area contributed by atoms with E-state index in [-0.39, 0.29) is 31.1 Å². The Bertz CT molecular complexity index is 1410. The summed E-state index contributed by atoms with van der Waals surface area (Å²) in [4.78, 5) is 38.4. The van der Waals surface area contributed by atoms with Gasteiger partial charge in [-0.2, -0.15) is 0 Å². The van der Waals surface area contributed by atoms with Crippen LogP contribution in [0.4, 0.5) is 0 Å². The van der Waals surface area contributed by atoms with Gasteiger partial charge in [-0.15, -0.1) is 0 Å². The molecule has 0 aromatic carbocycles. The van der Waals surface area contributed by atoms with Crippen molar-refractivity contribution in [3.05, 3.63) is 60.8 Å². The Labute approximate surface area is 491 Å². The molecule has 6 heteroatoms. The van der Waals surface area contributed by atoms with Crippen LogP contribution in [0.5, 0.6) is 0 Å². The average Bonchev–Trinajstić information content (AvgIpc) is 3.45. The molecule has 0 saturated heterocycles. The number of carbonyl (C=O) groups is 3. The van der Waals surface area contributed by atoms with Crippen molar-refractivity contribution in [3.8, 4) is 0 Å². The summed E-state index contributed by atoms with van der Waals surface area (Å²) in [5.41, 5.74) is 0. The minimum atomic E-state index is -0.780. The SMILES string of the molecule is CCCCCC/C=C\C/C=C\CCCCCCCC(=O)OCC(COC(=O)CCCCCCCCCCCCCC/C=C\C/C=C\C/C=C\CCCCCCC)OC(=O)CCCCCCCCCCCCCCCCCCCC. The van der Waals surface area contributed by atoms with Gasteiger partial charge >= 0.3 is 17.9 Å². The summed E-state index contributed by atoms with van der Waals surface area (Å²) in [7, 11) is 0. The van der Waals surface area contributed by atoms with Crippen LogP contribution in [-0.2, 0) is 28.6 Å². The third kappa shape index (κ3) is 65.8. The van der Waals surface area contributed by atoms with Crippen molar-refractivity contribution in [3.63, 3.8) is 0 Å². The highest BCUT2D eigenvalue weighted by Gasteiger charge is 2.19. The molecule has 0 rings (SSSR count). The predicted molar refractivity (Wildman–Crippen MR) is 344 cm³/mol. The maximum absolute atomic E-state index is 12.9. The number of unbranched alkanes of at least 4 members (excludes halogenated alkanes) is 43. The summed E-state index contributed by atoms with van der Waals surface area (Å²) < 4.78 is 17.0. The summed E-state index contributed by atoms with van der Waals surface area (Å²) in [6.07, 6.45) is 86.6. The van der Waals surface area contributed by atoms with Crippen LogP contribution in [0, 0.1) is 0 Å². The van der Waals surface area contributed by atoms with E-state index in [0.29, 0.717) is 19.3 Å². The second-order valence-electron chi connectivity index (χ2n) is 23.4. The molecular weight excluding hydrogens is 973 g/mol. The Hall–Kier alpha value is -2.89. The van der Waals surface area contributed by atoms with E-state index in [1.54, 1.807) is 0 Å². The molecule has 0 amide bonds. The summed E-state index contributed by atoms with van der Waals surface area (Å²) in [6.45, 7) is 6.66. The molecule has 0 N–H and O–H groups in total. The van der Waals surface area contributed by atoms with Gasteiger partial charge in [-0.25, -0.2) is 0 Å². The van der Waals surface area contributed by atoms with Crippen molar-refractivity contribution >= 4 is 17.9 Å². The van der Waals surface area contributed by atoms with E-state index in [9.17, 15) is 14.4 Å². The normalized spacial score (nSPS) is 12.4. The number of carbonyl (C=O) groups excluding carboxylic acids is 3. The van der Waals surface area contributed by atoms with Crippen molar-refractivity contribution in [1.82, 2.24) is 0 Å². The van der Waals surface area contributed by atoms with Gasteiger partial charge in [0.25, 0.3) is 0 Å². The molecule has 6 nitrogen and oxygen atoms in total. The van der Waals surface area contributed by atoms with E-state index in [0.717, 1.165) is 89.9 Å². The number of hydrogen-bond acceptors (Lipinski definition) is 6. The van der Waals surface area contributed by atoms with Crippen LogP contribution < -0.4 is 0 Å². The molecule has 0 aliphatic heterocycles. The Balaban J connectivity index is 4.30. The summed E-state index contributed by atoms with van der Waals surface area (Å²) in [6, 6.07) is 0. The van der Waals surface area contributed by atoms with E-state index in [1.807, 2.05) is 0 Å². The van der Waals surface area contributed by atoms with Gasteiger partial charge in [0, 0.05) is 19.3 Å². The fourth-order valence-electron chi connectivity index (χ4n) is 10.2. The van der Waals surface area contributed by atoms with Crippen LogP contribution in [0.3, 0.4) is 0 Å². The van der Waals surface area contributed by atoms with Crippen LogP contribution in [0.1, 0.15) is 367 Å². The lowest BCUT2D eigenvalue weighted by Crippen LogP contribution is -2.30. The average molecular weight is 1110 g/mol. The van der Waals surface area contributed by atoms with E-state index in [4.69, 9.17) is 14.2 Å². The van der Waals surface area contributed by atoms with Crippen molar-refractivity contribution in [2.24, 2.45) is 0 Å². The topological polar surface area (TPSA) is 78.9 Å². The van der Waals surface area contributed by atoms with E-state index >= 15 is 0 Å². The fourth-order valence-corrected chi connectivity index (χ4v) is 10.2. The first kappa shape index (κ1) is 76.1. The van der Waals surface area contributed by atoms with E-state index in [2.05, 4.69) is 81.5 Å². The zero-order chi connectivity index (χ0) is 57.1. The second kappa shape index (κ2) is 67.6. The number of rotatable bonds is 64. The molecule has 0 aliphatic carbocycles. The third-order valence-electron chi connectivity index (χ3n) is 15.5. The first-order valence-electron chi connectivity index (χ1n) is 34.8. The first-order valence-corrected chi connectivity index (χ1v) is 34.8. The molecule has 79 heavy (non-hydrogen) atoms. The largest absolute Gasteiger partial charge is 0.462 e. The second-order valence-corrected chi connectivity index (χ2v) is 23.4. The highest BCUT2D eigenvalue weighted by Crippen LogP contribution is 2.18. The highest BCUT2D eigenvalue weighted by molar-refractivity contribution is 5.71. The fraction of sp³-hybridized carbons (Fsp3) is 0.822. The lowest BCUT2D eigenvalue weighted by molar-refractivity contribution is -0.167. The summed E-state index contributed by atoms with van der Waals surface area (Å²) in [5, 5.41) is 0. The Morgan fingerprint density at radius 2 is 0.456 bits per heavy atom. The Morgan fingerprint density at radius 3 is 0.722 bits per heavy atom. The number of hydrogen-bond donors (Lipinski definition) is 0. The smallest absolute Gasteiger partial charge is 0.306 e. The molecule has 1 unspecified atom stereocenters. The maximum Gasteiger partial charge on any atom is 0.306 e. The van der Waals surface area contributed by atoms with E-state index < -0.39 is 6.10 Å². The van der Waals surface area contributed by atoms with E-state index in [1.165, 1.54) is 238 Å². The molecule has 460 valence electrons. The van der Waals surface area contributed by atoms with Gasteiger partial charge in [-0.1, -0.05) is 319 Å². The molecule has 0 aromatic rings. The number of allylic oxidation sites excluding steroid dienone is 10. The maximum atomic E-state index is 12.9. The molecule has 0 spiro atoms. The monoisotopic (exact) mass is 1110 g/mol. The molecule has 0 aliphatic rings. The molecule has 0 fully saturated rings. The summed E-state index contributed by atoms with van der Waals surface area (Å²) in [5.74, 6) is -0.868. The van der Waals surface area contributed by atoms with Gasteiger partial charge in [-0.05, 0) is 89.9 Å². The highest BCUT2D eigenvalue weighted by atomic mass is 16.6. The van der Waals surface area contributed by atoms with Gasteiger partial charge in [0.15, 0.2) is 6.10 Å². The third-order valence-corrected chi connectivity index (χ3v) is 15.5. The molecule has 0 radical (unpaired) electrons. The van der Waals surface area contributed by atoms with Gasteiger partial charge < -0.3 is 14.2 Å². The zero-order valence-corrected chi connectivity index (χ0v) is 52.9. The van der Waals surface area contributed by atoms with Crippen molar-refractivity contribution < 1.29 is 28.6 Å². The number of ether oxygens (including phenoxy) is 3. The van der Waals surface area contributed by atoms with Gasteiger partial charge in [-0.3, -0.25) is 14.4 Å². The molecule has 1 atom stereocenters. The first-order chi connectivity index (χ1) is 39.0. The minimum Gasteiger partial charge on any atom is -0.462 e. The standard InChI is InChI=1S/C73H132O6/c1-4-7-10-13-16-19-22-25-28-31-33-34-35-36-37-38-39-40-41-43-45-48-51-54-57-60-63-66-72(75)78-69-70(68-77-71(74)65-62-59-56-53-50-47-44-30-27-24-21-18-15-12-9-6-3)79-73(76)67-64-61-58-55-52-49-46-42-32-29-26-23-20-17-14-11-8-5-2/h21-22,24-25,30-31,33,35-36,44,70H,4-20,23,26-29,32,34,37-43,45-69H2,1-3H3/b24-21-,25-22-,33-31-,36-35-,44-30-. The lowest BCUT2D eigenvalue weighted by atomic mass is 10.0. The minimum absolute atomic E-state index is 0.0759.